The first-order chi connectivity index (χ1) is 11.2. The SMILES string of the molecule is CCN1CCC(NC(=O)NC(CCCO)c2ccccc2)CC1. The summed E-state index contributed by atoms with van der Waals surface area (Å²) in [5.41, 5.74) is 1.08. The van der Waals surface area contributed by atoms with Crippen molar-refractivity contribution in [3.63, 3.8) is 0 Å². The molecule has 2 amide bonds. The maximum Gasteiger partial charge on any atom is 0.315 e. The molecule has 1 unspecified atom stereocenters. The van der Waals surface area contributed by atoms with Crippen molar-refractivity contribution in [3.05, 3.63) is 35.9 Å². The van der Waals surface area contributed by atoms with E-state index in [1.165, 1.54) is 0 Å². The monoisotopic (exact) mass is 319 g/mol. The average molecular weight is 319 g/mol. The van der Waals surface area contributed by atoms with Crippen LogP contribution < -0.4 is 10.6 Å². The van der Waals surface area contributed by atoms with Crippen LogP contribution in [0.2, 0.25) is 0 Å². The predicted octanol–water partition coefficient (Wildman–Crippen LogP) is 2.28. The van der Waals surface area contributed by atoms with Gasteiger partial charge in [-0.15, -0.1) is 0 Å². The molecular formula is C18H29N3O2. The molecule has 1 aliphatic rings. The van der Waals surface area contributed by atoms with Gasteiger partial charge in [-0.05, 0) is 37.8 Å². The molecule has 0 saturated carbocycles. The van der Waals surface area contributed by atoms with Crippen LogP contribution in [0.4, 0.5) is 4.79 Å². The van der Waals surface area contributed by atoms with Crippen molar-refractivity contribution in [2.45, 2.75) is 44.7 Å². The molecule has 0 spiro atoms. The minimum absolute atomic E-state index is 0.0564. The van der Waals surface area contributed by atoms with Gasteiger partial charge in [-0.25, -0.2) is 4.79 Å². The summed E-state index contributed by atoms with van der Waals surface area (Å²) < 4.78 is 0. The molecule has 0 radical (unpaired) electrons. The van der Waals surface area contributed by atoms with E-state index in [9.17, 15) is 4.79 Å². The van der Waals surface area contributed by atoms with Crippen LogP contribution in [0.25, 0.3) is 0 Å². The lowest BCUT2D eigenvalue weighted by Crippen LogP contribution is -2.48. The largest absolute Gasteiger partial charge is 0.396 e. The number of piperidine rings is 1. The molecule has 1 aliphatic heterocycles. The van der Waals surface area contributed by atoms with Crippen LogP contribution in [0.15, 0.2) is 30.3 Å². The van der Waals surface area contributed by atoms with E-state index in [1.807, 2.05) is 30.3 Å². The first-order valence-electron chi connectivity index (χ1n) is 8.68. The highest BCUT2D eigenvalue weighted by atomic mass is 16.3. The van der Waals surface area contributed by atoms with Crippen LogP contribution in [0, 0.1) is 0 Å². The Labute approximate surface area is 139 Å². The quantitative estimate of drug-likeness (QED) is 0.722. The van der Waals surface area contributed by atoms with Crippen molar-refractivity contribution in [2.24, 2.45) is 0 Å². The van der Waals surface area contributed by atoms with E-state index in [2.05, 4.69) is 22.5 Å². The smallest absolute Gasteiger partial charge is 0.315 e. The van der Waals surface area contributed by atoms with Gasteiger partial charge in [-0.3, -0.25) is 0 Å². The molecule has 1 aromatic carbocycles. The van der Waals surface area contributed by atoms with Gasteiger partial charge >= 0.3 is 6.03 Å². The van der Waals surface area contributed by atoms with Gasteiger partial charge in [0.05, 0.1) is 6.04 Å². The van der Waals surface area contributed by atoms with Crippen molar-refractivity contribution in [1.82, 2.24) is 15.5 Å². The number of aliphatic hydroxyl groups is 1. The predicted molar refractivity (Wildman–Crippen MR) is 92.3 cm³/mol. The van der Waals surface area contributed by atoms with E-state index in [4.69, 9.17) is 5.11 Å². The van der Waals surface area contributed by atoms with Crippen LogP contribution in [-0.4, -0.2) is 48.3 Å². The maximum absolute atomic E-state index is 12.3. The number of carbonyl (C=O) groups excluding carboxylic acids is 1. The Morgan fingerprint density at radius 3 is 2.61 bits per heavy atom. The first kappa shape index (κ1) is 17.8. The molecule has 3 N–H and O–H groups in total. The molecule has 1 heterocycles. The maximum atomic E-state index is 12.3. The third-order valence-electron chi connectivity index (χ3n) is 4.53. The summed E-state index contributed by atoms with van der Waals surface area (Å²) >= 11 is 0. The number of nitrogens with zero attached hydrogens (tertiary/aromatic N) is 1. The summed E-state index contributed by atoms with van der Waals surface area (Å²) in [4.78, 5) is 14.7. The number of rotatable bonds is 7. The fourth-order valence-electron chi connectivity index (χ4n) is 3.08. The first-order valence-corrected chi connectivity index (χ1v) is 8.68. The number of urea groups is 1. The minimum atomic E-state index is -0.105. The molecule has 0 bridgehead atoms. The third-order valence-corrected chi connectivity index (χ3v) is 4.53. The molecule has 1 atom stereocenters. The second-order valence-electron chi connectivity index (χ2n) is 6.16. The number of likely N-dealkylation sites (tertiary alicyclic amines) is 1. The van der Waals surface area contributed by atoms with E-state index in [1.54, 1.807) is 0 Å². The summed E-state index contributed by atoms with van der Waals surface area (Å²) in [7, 11) is 0. The zero-order chi connectivity index (χ0) is 16.5. The molecule has 128 valence electrons. The Bertz CT molecular complexity index is 459. The molecule has 5 heteroatoms. The zero-order valence-corrected chi connectivity index (χ0v) is 14.0. The molecule has 1 saturated heterocycles. The summed E-state index contributed by atoms with van der Waals surface area (Å²) in [6.45, 7) is 5.49. The summed E-state index contributed by atoms with van der Waals surface area (Å²) in [5, 5.41) is 15.2. The normalized spacial score (nSPS) is 17.7. The Morgan fingerprint density at radius 1 is 1.30 bits per heavy atom. The van der Waals surface area contributed by atoms with Crippen molar-refractivity contribution in [3.8, 4) is 0 Å². The van der Waals surface area contributed by atoms with Crippen LogP contribution in [0.5, 0.6) is 0 Å². The van der Waals surface area contributed by atoms with Crippen molar-refractivity contribution in [2.75, 3.05) is 26.2 Å². The Kier molecular flexibility index (Phi) is 7.36. The molecule has 0 aromatic heterocycles. The lowest BCUT2D eigenvalue weighted by Gasteiger charge is -2.32. The van der Waals surface area contributed by atoms with Gasteiger partial charge < -0.3 is 20.6 Å². The minimum Gasteiger partial charge on any atom is -0.396 e. The molecule has 1 aromatic rings. The van der Waals surface area contributed by atoms with Crippen molar-refractivity contribution < 1.29 is 9.90 Å². The van der Waals surface area contributed by atoms with Gasteiger partial charge in [-0.1, -0.05) is 37.3 Å². The van der Waals surface area contributed by atoms with E-state index in [-0.39, 0.29) is 24.7 Å². The van der Waals surface area contributed by atoms with Gasteiger partial charge in [0.15, 0.2) is 0 Å². The number of aliphatic hydroxyl groups excluding tert-OH is 1. The lowest BCUT2D eigenvalue weighted by molar-refractivity contribution is 0.196. The fraction of sp³-hybridized carbons (Fsp3) is 0.611. The number of benzene rings is 1. The second-order valence-corrected chi connectivity index (χ2v) is 6.16. The van der Waals surface area contributed by atoms with Crippen molar-refractivity contribution >= 4 is 6.03 Å². The van der Waals surface area contributed by atoms with E-state index < -0.39 is 0 Å². The summed E-state index contributed by atoms with van der Waals surface area (Å²) in [5.74, 6) is 0. The van der Waals surface area contributed by atoms with Crippen molar-refractivity contribution in [1.29, 1.82) is 0 Å². The third kappa shape index (κ3) is 5.84. The number of nitrogens with one attached hydrogen (secondary N) is 2. The number of hydrogen-bond acceptors (Lipinski definition) is 3. The second kappa shape index (κ2) is 9.53. The lowest BCUT2D eigenvalue weighted by atomic mass is 10.0. The number of hydrogen-bond donors (Lipinski definition) is 3. The molecule has 0 aliphatic carbocycles. The summed E-state index contributed by atoms with van der Waals surface area (Å²) in [6, 6.07) is 10.0. The van der Waals surface area contributed by atoms with Gasteiger partial charge in [0, 0.05) is 25.7 Å². The molecule has 5 nitrogen and oxygen atoms in total. The van der Waals surface area contributed by atoms with E-state index >= 15 is 0 Å². The average Bonchev–Trinajstić information content (AvgIpc) is 2.60. The fourth-order valence-corrected chi connectivity index (χ4v) is 3.08. The van der Waals surface area contributed by atoms with E-state index in [0.717, 1.165) is 44.5 Å². The molecule has 2 rings (SSSR count). The summed E-state index contributed by atoms with van der Waals surface area (Å²) in [6.07, 6.45) is 3.43. The van der Waals surface area contributed by atoms with Crippen LogP contribution in [0.3, 0.4) is 0 Å². The standard InChI is InChI=1S/C18H29N3O2/c1-2-21-12-10-16(11-13-21)19-18(23)20-17(9-6-14-22)15-7-4-3-5-8-15/h3-5,7-8,16-17,22H,2,6,9-14H2,1H3,(H2,19,20,23). The highest BCUT2D eigenvalue weighted by Crippen LogP contribution is 2.18. The highest BCUT2D eigenvalue weighted by Gasteiger charge is 2.21. The van der Waals surface area contributed by atoms with Gasteiger partial charge in [0.2, 0.25) is 0 Å². The molecule has 23 heavy (non-hydrogen) atoms. The zero-order valence-electron chi connectivity index (χ0n) is 14.0. The van der Waals surface area contributed by atoms with Crippen LogP contribution >= 0.6 is 0 Å². The Morgan fingerprint density at radius 2 is 2.00 bits per heavy atom. The van der Waals surface area contributed by atoms with Gasteiger partial charge in [0.1, 0.15) is 0 Å². The Hall–Kier alpha value is -1.59. The van der Waals surface area contributed by atoms with E-state index in [0.29, 0.717) is 6.42 Å². The highest BCUT2D eigenvalue weighted by molar-refractivity contribution is 5.74. The van der Waals surface area contributed by atoms with Gasteiger partial charge in [0.25, 0.3) is 0 Å². The Balaban J connectivity index is 1.85. The van der Waals surface area contributed by atoms with Gasteiger partial charge in [-0.2, -0.15) is 0 Å². The molecular weight excluding hydrogens is 290 g/mol. The van der Waals surface area contributed by atoms with Crippen LogP contribution in [0.1, 0.15) is 44.2 Å². The van der Waals surface area contributed by atoms with Crippen LogP contribution in [-0.2, 0) is 0 Å². The number of carbonyl (C=O) groups is 1. The number of amides is 2. The topological polar surface area (TPSA) is 64.6 Å². The molecule has 1 fully saturated rings.